The van der Waals surface area contributed by atoms with Crippen molar-refractivity contribution in [1.82, 2.24) is 15.2 Å². The topological polar surface area (TPSA) is 57.3 Å². The number of anilines is 1. The SMILES string of the molecule is C#CCNC(=O)c1ccc(NCC(c2c(F)cccc2F)N(C)C)nc1. The first kappa shape index (κ1) is 19.3. The molecule has 0 aliphatic rings. The van der Waals surface area contributed by atoms with E-state index in [4.69, 9.17) is 6.42 Å². The van der Waals surface area contributed by atoms with Gasteiger partial charge in [-0.15, -0.1) is 6.42 Å². The van der Waals surface area contributed by atoms with E-state index in [0.717, 1.165) is 0 Å². The first-order valence-electron chi connectivity index (χ1n) is 7.96. The number of rotatable bonds is 7. The summed E-state index contributed by atoms with van der Waals surface area (Å²) < 4.78 is 28.1. The molecule has 1 aromatic heterocycles. The highest BCUT2D eigenvalue weighted by Gasteiger charge is 2.22. The zero-order chi connectivity index (χ0) is 19.1. The first-order valence-corrected chi connectivity index (χ1v) is 7.96. The molecule has 2 aromatic rings. The molecule has 7 heteroatoms. The van der Waals surface area contributed by atoms with Crippen LogP contribution < -0.4 is 10.6 Å². The highest BCUT2D eigenvalue weighted by Crippen LogP contribution is 2.24. The van der Waals surface area contributed by atoms with E-state index < -0.39 is 17.7 Å². The van der Waals surface area contributed by atoms with Gasteiger partial charge in [-0.3, -0.25) is 4.79 Å². The number of halogens is 2. The van der Waals surface area contributed by atoms with Crippen LogP contribution in [0.5, 0.6) is 0 Å². The lowest BCUT2D eigenvalue weighted by atomic mass is 10.0. The van der Waals surface area contributed by atoms with Crippen LogP contribution in [0.15, 0.2) is 36.5 Å². The van der Waals surface area contributed by atoms with Crippen LogP contribution in [0.25, 0.3) is 0 Å². The Kier molecular flexibility index (Phi) is 6.64. The smallest absolute Gasteiger partial charge is 0.253 e. The Bertz CT molecular complexity index is 780. The van der Waals surface area contributed by atoms with Gasteiger partial charge in [0.25, 0.3) is 5.91 Å². The Hall–Kier alpha value is -2.98. The predicted octanol–water partition coefficient (Wildman–Crippen LogP) is 2.44. The van der Waals surface area contributed by atoms with Gasteiger partial charge in [0.2, 0.25) is 0 Å². The van der Waals surface area contributed by atoms with Crippen LogP contribution in [0.3, 0.4) is 0 Å². The fraction of sp³-hybridized carbons (Fsp3) is 0.263. The predicted molar refractivity (Wildman–Crippen MR) is 96.7 cm³/mol. The van der Waals surface area contributed by atoms with Crippen LogP contribution in [0.4, 0.5) is 14.6 Å². The fourth-order valence-electron chi connectivity index (χ4n) is 2.44. The molecule has 1 aromatic carbocycles. The minimum atomic E-state index is -0.598. The minimum Gasteiger partial charge on any atom is -0.368 e. The van der Waals surface area contributed by atoms with Gasteiger partial charge in [-0.25, -0.2) is 13.8 Å². The van der Waals surface area contributed by atoms with E-state index in [2.05, 4.69) is 21.5 Å². The van der Waals surface area contributed by atoms with Gasteiger partial charge in [0.15, 0.2) is 0 Å². The number of hydrogen-bond acceptors (Lipinski definition) is 4. The van der Waals surface area contributed by atoms with Crippen molar-refractivity contribution < 1.29 is 13.6 Å². The van der Waals surface area contributed by atoms with Crippen molar-refractivity contribution in [2.45, 2.75) is 6.04 Å². The van der Waals surface area contributed by atoms with Gasteiger partial charge < -0.3 is 15.5 Å². The summed E-state index contributed by atoms with van der Waals surface area (Å²) in [5.74, 6) is 1.29. The number of carbonyl (C=O) groups is 1. The van der Waals surface area contributed by atoms with Gasteiger partial charge >= 0.3 is 0 Å². The van der Waals surface area contributed by atoms with E-state index in [9.17, 15) is 13.6 Å². The maximum absolute atomic E-state index is 14.1. The summed E-state index contributed by atoms with van der Waals surface area (Å²) in [5, 5.41) is 5.58. The lowest BCUT2D eigenvalue weighted by molar-refractivity contribution is 0.0958. The minimum absolute atomic E-state index is 0.00437. The van der Waals surface area contributed by atoms with E-state index in [0.29, 0.717) is 11.4 Å². The molecule has 0 spiro atoms. The van der Waals surface area contributed by atoms with Gasteiger partial charge in [0.1, 0.15) is 17.5 Å². The zero-order valence-electron chi connectivity index (χ0n) is 14.6. The number of aromatic nitrogens is 1. The van der Waals surface area contributed by atoms with Crippen LogP contribution in [-0.4, -0.2) is 43.0 Å². The van der Waals surface area contributed by atoms with Crippen molar-refractivity contribution in [2.24, 2.45) is 0 Å². The highest BCUT2D eigenvalue weighted by molar-refractivity contribution is 5.94. The van der Waals surface area contributed by atoms with Gasteiger partial charge in [0, 0.05) is 18.3 Å². The standard InChI is InChI=1S/C19H20F2N4O/c1-4-10-22-19(26)13-8-9-17(23-11-13)24-12-16(25(2)3)18-14(20)6-5-7-15(18)21/h1,5-9,11,16H,10,12H2,2-3H3,(H,22,26)(H,23,24). The van der Waals surface area contributed by atoms with E-state index in [1.54, 1.807) is 31.1 Å². The third-order valence-electron chi connectivity index (χ3n) is 3.81. The normalized spacial score (nSPS) is 11.7. The maximum atomic E-state index is 14.1. The maximum Gasteiger partial charge on any atom is 0.253 e. The molecule has 1 amide bonds. The Balaban J connectivity index is 2.08. The van der Waals surface area contributed by atoms with Gasteiger partial charge in [-0.1, -0.05) is 12.0 Å². The molecule has 2 rings (SSSR count). The molecule has 5 nitrogen and oxygen atoms in total. The second-order valence-electron chi connectivity index (χ2n) is 5.81. The summed E-state index contributed by atoms with van der Waals surface area (Å²) in [6, 6.07) is 6.48. The van der Waals surface area contributed by atoms with E-state index in [-0.39, 0.29) is 24.6 Å². The fourth-order valence-corrected chi connectivity index (χ4v) is 2.44. The molecular formula is C19H20F2N4O. The number of carbonyl (C=O) groups excluding carboxylic acids is 1. The number of nitrogens with zero attached hydrogens (tertiary/aromatic N) is 2. The van der Waals surface area contributed by atoms with Crippen molar-refractivity contribution in [3.05, 3.63) is 59.3 Å². The number of likely N-dealkylation sites (N-methyl/N-ethyl adjacent to an activating group) is 1. The number of terminal acetylenes is 1. The van der Waals surface area contributed by atoms with Crippen molar-refractivity contribution in [3.8, 4) is 12.3 Å². The second-order valence-corrected chi connectivity index (χ2v) is 5.81. The summed E-state index contributed by atoms with van der Waals surface area (Å²) in [6.45, 7) is 0.373. The van der Waals surface area contributed by atoms with E-state index in [1.165, 1.54) is 24.4 Å². The molecule has 0 radical (unpaired) electrons. The van der Waals surface area contributed by atoms with Gasteiger partial charge in [-0.2, -0.15) is 0 Å². The van der Waals surface area contributed by atoms with Crippen molar-refractivity contribution in [3.63, 3.8) is 0 Å². The Morgan fingerprint density at radius 3 is 2.50 bits per heavy atom. The average Bonchev–Trinajstić information content (AvgIpc) is 2.62. The molecule has 0 aliphatic carbocycles. The summed E-state index contributed by atoms with van der Waals surface area (Å²) in [7, 11) is 3.48. The monoisotopic (exact) mass is 358 g/mol. The third kappa shape index (κ3) is 4.77. The molecule has 1 unspecified atom stereocenters. The van der Waals surface area contributed by atoms with Crippen molar-refractivity contribution in [1.29, 1.82) is 0 Å². The van der Waals surface area contributed by atoms with Crippen LogP contribution >= 0.6 is 0 Å². The Morgan fingerprint density at radius 1 is 1.27 bits per heavy atom. The van der Waals surface area contributed by atoms with Crippen LogP contribution in [0.1, 0.15) is 22.0 Å². The van der Waals surface area contributed by atoms with Gasteiger partial charge in [-0.05, 0) is 38.4 Å². The third-order valence-corrected chi connectivity index (χ3v) is 3.81. The first-order chi connectivity index (χ1) is 12.4. The highest BCUT2D eigenvalue weighted by atomic mass is 19.1. The quantitative estimate of drug-likeness (QED) is 0.747. The summed E-state index contributed by atoms with van der Waals surface area (Å²) >= 11 is 0. The molecular weight excluding hydrogens is 338 g/mol. The van der Waals surface area contributed by atoms with Crippen molar-refractivity contribution in [2.75, 3.05) is 32.5 Å². The molecule has 0 bridgehead atoms. The largest absolute Gasteiger partial charge is 0.368 e. The molecule has 0 fully saturated rings. The number of amides is 1. The molecule has 0 aliphatic heterocycles. The molecule has 26 heavy (non-hydrogen) atoms. The number of hydrogen-bond donors (Lipinski definition) is 2. The molecule has 0 saturated heterocycles. The summed E-state index contributed by atoms with van der Waals surface area (Å²) in [5.41, 5.74) is 0.366. The number of pyridine rings is 1. The number of nitrogens with one attached hydrogen (secondary N) is 2. The van der Waals surface area contributed by atoms with Crippen LogP contribution in [0.2, 0.25) is 0 Å². The molecule has 0 saturated carbocycles. The molecule has 1 heterocycles. The zero-order valence-corrected chi connectivity index (χ0v) is 14.6. The molecule has 136 valence electrons. The van der Waals surface area contributed by atoms with E-state index in [1.807, 2.05) is 0 Å². The summed E-state index contributed by atoms with van der Waals surface area (Å²) in [6.07, 6.45) is 6.50. The van der Waals surface area contributed by atoms with Gasteiger partial charge in [0.05, 0.1) is 18.2 Å². The lowest BCUT2D eigenvalue weighted by Gasteiger charge is -2.26. The van der Waals surface area contributed by atoms with Crippen LogP contribution in [0, 0.1) is 24.0 Å². The average molecular weight is 358 g/mol. The Labute approximate surface area is 151 Å². The second kappa shape index (κ2) is 8.92. The molecule has 1 atom stereocenters. The number of benzene rings is 1. The van der Waals surface area contributed by atoms with Crippen LogP contribution in [-0.2, 0) is 0 Å². The van der Waals surface area contributed by atoms with Crippen molar-refractivity contribution >= 4 is 11.7 Å². The Morgan fingerprint density at radius 2 is 1.96 bits per heavy atom. The van der Waals surface area contributed by atoms with E-state index >= 15 is 0 Å². The lowest BCUT2D eigenvalue weighted by Crippen LogP contribution is -2.29. The molecule has 2 N–H and O–H groups in total. The summed E-state index contributed by atoms with van der Waals surface area (Å²) in [4.78, 5) is 17.6.